The molecule has 1 aromatic rings. The molecule has 1 aliphatic heterocycles. The van der Waals surface area contributed by atoms with Crippen LogP contribution in [0.25, 0.3) is 0 Å². The largest absolute Gasteiger partial charge is 0.489 e. The molecule has 0 spiro atoms. The number of aryl methyl sites for hydroxylation is 1. The van der Waals surface area contributed by atoms with Crippen LogP contribution in [-0.2, 0) is 4.74 Å². The highest BCUT2D eigenvalue weighted by atomic mass is 127. The van der Waals surface area contributed by atoms with Gasteiger partial charge in [0, 0.05) is 32.7 Å². The summed E-state index contributed by atoms with van der Waals surface area (Å²) >= 11 is 0. The molecule has 0 amide bonds. The molecular weight excluding hydrogens is 429 g/mol. The summed E-state index contributed by atoms with van der Waals surface area (Å²) in [5.74, 6) is 2.48. The lowest BCUT2D eigenvalue weighted by Crippen LogP contribution is -2.41. The molecule has 6 heteroatoms. The number of hydrogen-bond donors (Lipinski definition) is 1. The second-order valence-electron chi connectivity index (χ2n) is 6.49. The van der Waals surface area contributed by atoms with E-state index in [4.69, 9.17) is 14.5 Å². The van der Waals surface area contributed by atoms with Crippen LogP contribution in [0, 0.1) is 12.8 Å². The highest BCUT2D eigenvalue weighted by Gasteiger charge is 2.24. The fourth-order valence-electron chi connectivity index (χ4n) is 2.92. The number of nitrogens with zero attached hydrogens (tertiary/aromatic N) is 2. The predicted molar refractivity (Wildman–Crippen MR) is 114 cm³/mol. The Morgan fingerprint density at radius 3 is 2.72 bits per heavy atom. The average molecular weight is 461 g/mol. The summed E-state index contributed by atoms with van der Waals surface area (Å²) in [6, 6.07) is 8.15. The van der Waals surface area contributed by atoms with Gasteiger partial charge in [-0.1, -0.05) is 17.7 Å². The number of guanidine groups is 1. The molecule has 0 radical (unpaired) electrons. The number of nitrogens with one attached hydrogen (secondary N) is 1. The fourth-order valence-corrected chi connectivity index (χ4v) is 2.92. The minimum atomic E-state index is 0. The van der Waals surface area contributed by atoms with Crippen LogP contribution in [0.4, 0.5) is 0 Å². The Morgan fingerprint density at radius 1 is 1.36 bits per heavy atom. The van der Waals surface area contributed by atoms with Crippen molar-refractivity contribution < 1.29 is 9.47 Å². The first-order chi connectivity index (χ1) is 11.6. The van der Waals surface area contributed by atoms with E-state index < -0.39 is 0 Å². The van der Waals surface area contributed by atoms with Crippen LogP contribution in [0.5, 0.6) is 5.75 Å². The van der Waals surface area contributed by atoms with Crippen molar-refractivity contribution in [3.05, 3.63) is 29.8 Å². The van der Waals surface area contributed by atoms with Crippen molar-refractivity contribution in [2.75, 3.05) is 39.9 Å². The fraction of sp³-hybridized carbons (Fsp3) is 0.632. The van der Waals surface area contributed by atoms with Crippen LogP contribution >= 0.6 is 24.0 Å². The first kappa shape index (κ1) is 22.0. The Hall–Kier alpha value is -1.02. The maximum absolute atomic E-state index is 5.95. The van der Waals surface area contributed by atoms with Gasteiger partial charge in [-0.15, -0.1) is 24.0 Å². The van der Waals surface area contributed by atoms with Gasteiger partial charge in [0.05, 0.1) is 13.2 Å². The first-order valence-corrected chi connectivity index (χ1v) is 8.88. The molecule has 142 valence electrons. The van der Waals surface area contributed by atoms with Crippen molar-refractivity contribution in [2.24, 2.45) is 10.9 Å². The van der Waals surface area contributed by atoms with Gasteiger partial charge in [-0.25, -0.2) is 4.99 Å². The van der Waals surface area contributed by atoms with Crippen LogP contribution in [0.15, 0.2) is 29.3 Å². The molecule has 2 atom stereocenters. The van der Waals surface area contributed by atoms with Gasteiger partial charge >= 0.3 is 0 Å². The summed E-state index contributed by atoms with van der Waals surface area (Å²) in [4.78, 5) is 7.09. The highest BCUT2D eigenvalue weighted by molar-refractivity contribution is 14.0. The third kappa shape index (κ3) is 7.40. The molecule has 1 fully saturated rings. The van der Waals surface area contributed by atoms with Crippen molar-refractivity contribution in [3.63, 3.8) is 0 Å². The number of benzene rings is 1. The van der Waals surface area contributed by atoms with Crippen molar-refractivity contribution in [1.29, 1.82) is 0 Å². The second-order valence-corrected chi connectivity index (χ2v) is 6.49. The summed E-state index contributed by atoms with van der Waals surface area (Å²) in [6.45, 7) is 10.6. The van der Waals surface area contributed by atoms with Crippen molar-refractivity contribution >= 4 is 29.9 Å². The van der Waals surface area contributed by atoms with Crippen LogP contribution in [0.3, 0.4) is 0 Å². The second kappa shape index (κ2) is 11.6. The zero-order chi connectivity index (χ0) is 17.4. The molecule has 1 saturated heterocycles. The Labute approximate surface area is 169 Å². The van der Waals surface area contributed by atoms with Gasteiger partial charge < -0.3 is 19.7 Å². The average Bonchev–Trinajstić information content (AvgIpc) is 3.02. The minimum absolute atomic E-state index is 0. The Bertz CT molecular complexity index is 522. The van der Waals surface area contributed by atoms with E-state index >= 15 is 0 Å². The summed E-state index contributed by atoms with van der Waals surface area (Å²) in [5, 5.41) is 3.39. The van der Waals surface area contributed by atoms with E-state index in [2.05, 4.69) is 43.1 Å². The van der Waals surface area contributed by atoms with E-state index in [0.717, 1.165) is 44.4 Å². The zero-order valence-electron chi connectivity index (χ0n) is 15.8. The Kier molecular flexibility index (Phi) is 10.2. The number of methoxy groups -OCH3 is 1. The standard InChI is InChI=1S/C19H31N3O2.HI/c1-5-20-19(22-11-10-17(13-22)14-23-4)21-12-16(3)24-18-8-6-15(2)7-9-18;/h6-9,16-17H,5,10-14H2,1-4H3,(H,20,21);1H. The molecule has 0 bridgehead atoms. The van der Waals surface area contributed by atoms with E-state index in [1.165, 1.54) is 5.56 Å². The molecule has 1 aromatic carbocycles. The lowest BCUT2D eigenvalue weighted by Gasteiger charge is -2.22. The minimum Gasteiger partial charge on any atom is -0.489 e. The summed E-state index contributed by atoms with van der Waals surface area (Å²) < 4.78 is 11.2. The van der Waals surface area contributed by atoms with E-state index in [1.807, 2.05) is 12.1 Å². The number of halogens is 1. The number of ether oxygens (including phenoxy) is 2. The van der Waals surface area contributed by atoms with Crippen LogP contribution in [0.2, 0.25) is 0 Å². The monoisotopic (exact) mass is 461 g/mol. The highest BCUT2D eigenvalue weighted by Crippen LogP contribution is 2.17. The predicted octanol–water partition coefficient (Wildman–Crippen LogP) is 3.31. The Balaban J connectivity index is 0.00000312. The van der Waals surface area contributed by atoms with E-state index in [-0.39, 0.29) is 30.1 Å². The van der Waals surface area contributed by atoms with Gasteiger partial charge in [-0.2, -0.15) is 0 Å². The normalized spacial score (nSPS) is 18.6. The van der Waals surface area contributed by atoms with Gasteiger partial charge in [0.2, 0.25) is 0 Å². The molecule has 1 heterocycles. The van der Waals surface area contributed by atoms with Gasteiger partial charge in [-0.3, -0.25) is 0 Å². The SMILES string of the molecule is CCNC(=NCC(C)Oc1ccc(C)cc1)N1CCC(COC)C1.I. The lowest BCUT2D eigenvalue weighted by molar-refractivity contribution is 0.157. The number of rotatable bonds is 7. The number of likely N-dealkylation sites (tertiary alicyclic amines) is 1. The third-order valence-electron chi connectivity index (χ3n) is 4.18. The van der Waals surface area contributed by atoms with E-state index in [9.17, 15) is 0 Å². The van der Waals surface area contributed by atoms with Gasteiger partial charge in [0.15, 0.2) is 5.96 Å². The van der Waals surface area contributed by atoms with Gasteiger partial charge in [-0.05, 0) is 39.3 Å². The first-order valence-electron chi connectivity index (χ1n) is 8.88. The van der Waals surface area contributed by atoms with Crippen LogP contribution in [-0.4, -0.2) is 56.9 Å². The van der Waals surface area contributed by atoms with Gasteiger partial charge in [0.1, 0.15) is 11.9 Å². The topological polar surface area (TPSA) is 46.1 Å². The lowest BCUT2D eigenvalue weighted by atomic mass is 10.1. The molecule has 0 aliphatic carbocycles. The molecule has 0 aromatic heterocycles. The van der Waals surface area contributed by atoms with Gasteiger partial charge in [0.25, 0.3) is 0 Å². The maximum Gasteiger partial charge on any atom is 0.194 e. The van der Waals surface area contributed by atoms with Crippen molar-refractivity contribution in [1.82, 2.24) is 10.2 Å². The van der Waals surface area contributed by atoms with Crippen LogP contribution in [0.1, 0.15) is 25.8 Å². The molecule has 0 saturated carbocycles. The number of aliphatic imine (C=N–C) groups is 1. The quantitative estimate of drug-likeness (QED) is 0.385. The molecule has 1 aliphatic rings. The van der Waals surface area contributed by atoms with Crippen molar-refractivity contribution in [2.45, 2.75) is 33.3 Å². The molecule has 5 nitrogen and oxygen atoms in total. The van der Waals surface area contributed by atoms with Crippen molar-refractivity contribution in [3.8, 4) is 5.75 Å². The molecule has 2 unspecified atom stereocenters. The molecule has 2 rings (SSSR count). The number of hydrogen-bond acceptors (Lipinski definition) is 3. The summed E-state index contributed by atoms with van der Waals surface area (Å²) in [5.41, 5.74) is 1.24. The zero-order valence-corrected chi connectivity index (χ0v) is 18.2. The third-order valence-corrected chi connectivity index (χ3v) is 4.18. The summed E-state index contributed by atoms with van der Waals surface area (Å²) in [6.07, 6.45) is 1.20. The van der Waals surface area contributed by atoms with E-state index in [0.29, 0.717) is 12.5 Å². The summed E-state index contributed by atoms with van der Waals surface area (Å²) in [7, 11) is 1.77. The van der Waals surface area contributed by atoms with E-state index in [1.54, 1.807) is 7.11 Å². The molecular formula is C19H32IN3O2. The van der Waals surface area contributed by atoms with Crippen LogP contribution < -0.4 is 10.1 Å². The maximum atomic E-state index is 5.95. The smallest absolute Gasteiger partial charge is 0.194 e. The Morgan fingerprint density at radius 2 is 2.08 bits per heavy atom. The molecule has 25 heavy (non-hydrogen) atoms. The molecule has 1 N–H and O–H groups in total.